The Morgan fingerprint density at radius 2 is 2.10 bits per heavy atom. The second-order valence-electron chi connectivity index (χ2n) is 7.23. The van der Waals surface area contributed by atoms with Crippen LogP contribution in [0.2, 0.25) is 0 Å². The number of nitrogens with two attached hydrogens (primary N) is 1. The lowest BCUT2D eigenvalue weighted by Crippen LogP contribution is -2.28. The topological polar surface area (TPSA) is 64.9 Å². The smallest absolute Gasteiger partial charge is 0.228 e. The van der Waals surface area contributed by atoms with E-state index in [0.29, 0.717) is 12.3 Å². The van der Waals surface area contributed by atoms with Gasteiger partial charge in [0, 0.05) is 12.5 Å². The van der Waals surface area contributed by atoms with Gasteiger partial charge in [-0.15, -0.1) is 0 Å². The molecular formula is C17H23N3O. The lowest BCUT2D eigenvalue weighted by molar-refractivity contribution is 0.312. The maximum atomic E-state index is 6.17. The van der Waals surface area contributed by atoms with E-state index < -0.39 is 0 Å². The third-order valence-electron chi connectivity index (χ3n) is 3.96. The van der Waals surface area contributed by atoms with Gasteiger partial charge in [0.05, 0.1) is 5.92 Å². The zero-order chi connectivity index (χ0) is 15.0. The second kappa shape index (κ2) is 5.26. The molecule has 1 aromatic heterocycles. The van der Waals surface area contributed by atoms with Gasteiger partial charge in [0.15, 0.2) is 5.82 Å². The molecule has 2 N–H and O–H groups in total. The fourth-order valence-electron chi connectivity index (χ4n) is 3.06. The molecule has 1 aromatic carbocycles. The van der Waals surface area contributed by atoms with E-state index in [2.05, 4.69) is 55.2 Å². The van der Waals surface area contributed by atoms with Crippen molar-refractivity contribution in [3.63, 3.8) is 0 Å². The predicted molar refractivity (Wildman–Crippen MR) is 82.0 cm³/mol. The van der Waals surface area contributed by atoms with Crippen LogP contribution < -0.4 is 5.73 Å². The average Bonchev–Trinajstić information content (AvgIpc) is 2.76. The number of fused-ring (bicyclic) bond motifs is 1. The molecule has 0 fully saturated rings. The quantitative estimate of drug-likeness (QED) is 0.937. The van der Waals surface area contributed by atoms with Gasteiger partial charge in [0.25, 0.3) is 0 Å². The zero-order valence-corrected chi connectivity index (χ0v) is 13.0. The molecule has 2 unspecified atom stereocenters. The first kappa shape index (κ1) is 14.3. The number of hydrogen-bond acceptors (Lipinski definition) is 4. The van der Waals surface area contributed by atoms with Gasteiger partial charge in [0.1, 0.15) is 0 Å². The van der Waals surface area contributed by atoms with E-state index in [0.717, 1.165) is 18.7 Å². The van der Waals surface area contributed by atoms with Crippen LogP contribution in [-0.4, -0.2) is 16.2 Å². The summed E-state index contributed by atoms with van der Waals surface area (Å²) >= 11 is 0. The molecule has 0 saturated carbocycles. The highest BCUT2D eigenvalue weighted by Crippen LogP contribution is 2.38. The maximum Gasteiger partial charge on any atom is 0.228 e. The summed E-state index contributed by atoms with van der Waals surface area (Å²) < 4.78 is 5.38. The van der Waals surface area contributed by atoms with Crippen molar-refractivity contribution >= 4 is 0 Å². The third kappa shape index (κ3) is 3.16. The largest absolute Gasteiger partial charge is 0.339 e. The predicted octanol–water partition coefficient (Wildman–Crippen LogP) is 3.06. The Bertz CT molecular complexity index is 627. The van der Waals surface area contributed by atoms with Crippen molar-refractivity contribution in [1.82, 2.24) is 10.1 Å². The van der Waals surface area contributed by atoms with Gasteiger partial charge in [-0.05, 0) is 29.4 Å². The maximum absolute atomic E-state index is 6.17. The highest BCUT2D eigenvalue weighted by molar-refractivity contribution is 5.43. The molecule has 1 aliphatic carbocycles. The van der Waals surface area contributed by atoms with Crippen LogP contribution in [0.4, 0.5) is 0 Å². The first-order valence-corrected chi connectivity index (χ1v) is 7.58. The van der Waals surface area contributed by atoms with Crippen LogP contribution in [0.1, 0.15) is 56.0 Å². The van der Waals surface area contributed by atoms with E-state index >= 15 is 0 Å². The van der Waals surface area contributed by atoms with Crippen molar-refractivity contribution in [2.45, 2.75) is 52.0 Å². The molecule has 112 valence electrons. The van der Waals surface area contributed by atoms with Gasteiger partial charge in [-0.3, -0.25) is 0 Å². The Hall–Kier alpha value is -1.68. The van der Waals surface area contributed by atoms with Crippen LogP contribution in [0.15, 0.2) is 28.8 Å². The Balaban J connectivity index is 1.65. The molecular weight excluding hydrogens is 262 g/mol. The van der Waals surface area contributed by atoms with Gasteiger partial charge >= 0.3 is 0 Å². The molecule has 2 aromatic rings. The third-order valence-corrected chi connectivity index (χ3v) is 3.96. The molecule has 3 rings (SSSR count). The van der Waals surface area contributed by atoms with Crippen molar-refractivity contribution in [3.05, 3.63) is 47.1 Å². The second-order valence-corrected chi connectivity index (χ2v) is 7.23. The molecule has 2 atom stereocenters. The van der Waals surface area contributed by atoms with E-state index in [1.54, 1.807) is 0 Å². The lowest BCUT2D eigenvalue weighted by Gasteiger charge is -2.27. The summed E-state index contributed by atoms with van der Waals surface area (Å²) in [4.78, 5) is 4.54. The number of hydrogen-bond donors (Lipinski definition) is 1. The van der Waals surface area contributed by atoms with Crippen molar-refractivity contribution in [1.29, 1.82) is 0 Å². The van der Waals surface area contributed by atoms with Crippen LogP contribution in [0.25, 0.3) is 0 Å². The molecule has 0 saturated heterocycles. The average molecular weight is 285 g/mol. The van der Waals surface area contributed by atoms with Crippen LogP contribution in [0.5, 0.6) is 0 Å². The standard InChI is InChI=1S/C17H23N3O/c1-17(2,3)10-12(18)9-15-19-16(20-21-15)14-8-11-6-4-5-7-13(11)14/h4-7,12,14H,8-10,18H2,1-3H3. The molecule has 4 heteroatoms. The van der Waals surface area contributed by atoms with Crippen LogP contribution in [0, 0.1) is 5.41 Å². The fraction of sp³-hybridized carbons (Fsp3) is 0.529. The minimum atomic E-state index is 0.0620. The zero-order valence-electron chi connectivity index (χ0n) is 13.0. The van der Waals surface area contributed by atoms with E-state index in [1.807, 2.05) is 0 Å². The van der Waals surface area contributed by atoms with E-state index in [9.17, 15) is 0 Å². The Morgan fingerprint density at radius 3 is 2.81 bits per heavy atom. The van der Waals surface area contributed by atoms with E-state index in [-0.39, 0.29) is 17.4 Å². The lowest BCUT2D eigenvalue weighted by atomic mass is 9.77. The van der Waals surface area contributed by atoms with Crippen molar-refractivity contribution < 1.29 is 4.52 Å². The van der Waals surface area contributed by atoms with Crippen LogP contribution in [0.3, 0.4) is 0 Å². The first-order chi connectivity index (χ1) is 9.92. The monoisotopic (exact) mass is 285 g/mol. The summed E-state index contributed by atoms with van der Waals surface area (Å²) in [7, 11) is 0. The number of aromatic nitrogens is 2. The van der Waals surface area contributed by atoms with Crippen molar-refractivity contribution in [2.75, 3.05) is 0 Å². The summed E-state index contributed by atoms with van der Waals surface area (Å²) in [6, 6.07) is 8.50. The Morgan fingerprint density at radius 1 is 1.33 bits per heavy atom. The Labute approximate surface area is 125 Å². The van der Waals surface area contributed by atoms with Crippen molar-refractivity contribution in [3.8, 4) is 0 Å². The SMILES string of the molecule is CC(C)(C)CC(N)Cc1nc(C2Cc3ccccc32)no1. The van der Waals surface area contributed by atoms with E-state index in [1.165, 1.54) is 11.1 Å². The minimum Gasteiger partial charge on any atom is -0.339 e. The van der Waals surface area contributed by atoms with Gasteiger partial charge in [-0.2, -0.15) is 4.98 Å². The van der Waals surface area contributed by atoms with Gasteiger partial charge in [-0.1, -0.05) is 50.2 Å². The summed E-state index contributed by atoms with van der Waals surface area (Å²) in [6.07, 6.45) is 2.60. The Kier molecular flexibility index (Phi) is 3.57. The molecule has 0 radical (unpaired) electrons. The summed E-state index contributed by atoms with van der Waals surface area (Å²) in [5.41, 5.74) is 9.10. The molecule has 0 spiro atoms. The summed E-state index contributed by atoms with van der Waals surface area (Å²) in [5, 5.41) is 4.14. The molecule has 1 aliphatic rings. The minimum absolute atomic E-state index is 0.0620. The molecule has 1 heterocycles. The van der Waals surface area contributed by atoms with E-state index in [4.69, 9.17) is 10.3 Å². The summed E-state index contributed by atoms with van der Waals surface area (Å²) in [5.74, 6) is 1.75. The van der Waals surface area contributed by atoms with Gasteiger partial charge < -0.3 is 10.3 Å². The fourth-order valence-corrected chi connectivity index (χ4v) is 3.06. The molecule has 0 bridgehead atoms. The van der Waals surface area contributed by atoms with Crippen molar-refractivity contribution in [2.24, 2.45) is 11.1 Å². The highest BCUT2D eigenvalue weighted by Gasteiger charge is 2.31. The normalized spacial score (nSPS) is 19.0. The number of rotatable bonds is 4. The number of benzene rings is 1. The number of nitrogens with zero attached hydrogens (tertiary/aromatic N) is 2. The highest BCUT2D eigenvalue weighted by atomic mass is 16.5. The molecule has 21 heavy (non-hydrogen) atoms. The van der Waals surface area contributed by atoms with Gasteiger partial charge in [-0.25, -0.2) is 0 Å². The molecule has 0 amide bonds. The van der Waals surface area contributed by atoms with Crippen LogP contribution in [-0.2, 0) is 12.8 Å². The molecule has 0 aliphatic heterocycles. The van der Waals surface area contributed by atoms with Gasteiger partial charge in [0.2, 0.25) is 5.89 Å². The first-order valence-electron chi connectivity index (χ1n) is 7.58. The summed E-state index contributed by atoms with van der Waals surface area (Å²) in [6.45, 7) is 6.58. The van der Waals surface area contributed by atoms with Crippen LogP contribution >= 0.6 is 0 Å². The molecule has 4 nitrogen and oxygen atoms in total.